The lowest BCUT2D eigenvalue weighted by Crippen LogP contribution is -2.25. The van der Waals surface area contributed by atoms with Crippen LogP contribution in [0.5, 0.6) is 5.75 Å². The lowest BCUT2D eigenvalue weighted by Gasteiger charge is -2.08. The molecule has 150 valence electrons. The standard InChI is InChI=1S/C20H21NO4S.C2H6/c1-3-5-7-15(6-4-2)17(22)13-25-16-10-8-14(9-11-16)12-18-19(23)21-20(24)26-18;1-2/h3-11,18H,12-13H2,1-2H3,(H,21,23,24);1-2H3/b5-3-,6-4-,15-7+;/t18-;/m0./s1. The second-order valence-corrected chi connectivity index (χ2v) is 6.77. The maximum atomic E-state index is 12.2. The number of rotatable bonds is 8. The molecule has 0 unspecified atom stereocenters. The smallest absolute Gasteiger partial charge is 0.286 e. The summed E-state index contributed by atoms with van der Waals surface area (Å²) in [5.41, 5.74) is 1.50. The first-order valence-electron chi connectivity index (χ1n) is 9.25. The maximum Gasteiger partial charge on any atom is 0.286 e. The molecule has 0 aromatic heterocycles. The van der Waals surface area contributed by atoms with E-state index in [0.717, 1.165) is 17.3 Å². The Balaban J connectivity index is 0.00000190. The number of amides is 2. The van der Waals surface area contributed by atoms with Crippen molar-refractivity contribution in [2.24, 2.45) is 0 Å². The molecule has 1 fully saturated rings. The molecule has 1 atom stereocenters. The quantitative estimate of drug-likeness (QED) is 0.508. The lowest BCUT2D eigenvalue weighted by molar-refractivity contribution is -0.119. The van der Waals surface area contributed by atoms with Gasteiger partial charge < -0.3 is 4.74 Å². The van der Waals surface area contributed by atoms with Crippen molar-refractivity contribution in [3.63, 3.8) is 0 Å². The van der Waals surface area contributed by atoms with E-state index >= 15 is 0 Å². The van der Waals surface area contributed by atoms with E-state index in [0.29, 0.717) is 17.7 Å². The highest BCUT2D eigenvalue weighted by Crippen LogP contribution is 2.23. The van der Waals surface area contributed by atoms with E-state index < -0.39 is 5.25 Å². The topological polar surface area (TPSA) is 72.5 Å². The van der Waals surface area contributed by atoms with E-state index in [1.165, 1.54) is 0 Å². The molecule has 1 N–H and O–H groups in total. The van der Waals surface area contributed by atoms with Gasteiger partial charge in [0.1, 0.15) is 5.75 Å². The number of benzene rings is 1. The minimum Gasteiger partial charge on any atom is -0.485 e. The van der Waals surface area contributed by atoms with Gasteiger partial charge in [-0.1, -0.05) is 68.1 Å². The first-order valence-corrected chi connectivity index (χ1v) is 10.1. The predicted molar refractivity (Wildman–Crippen MR) is 115 cm³/mol. The minimum atomic E-state index is -0.393. The molecule has 1 saturated heterocycles. The summed E-state index contributed by atoms with van der Waals surface area (Å²) < 4.78 is 5.55. The maximum absolute atomic E-state index is 12.2. The second-order valence-electron chi connectivity index (χ2n) is 5.59. The highest BCUT2D eigenvalue weighted by Gasteiger charge is 2.31. The minimum absolute atomic E-state index is 0.0531. The van der Waals surface area contributed by atoms with Crippen LogP contribution in [0.15, 0.2) is 60.2 Å². The average Bonchev–Trinajstić information content (AvgIpc) is 3.02. The molecule has 1 aliphatic rings. The van der Waals surface area contributed by atoms with E-state index in [9.17, 15) is 14.4 Å². The monoisotopic (exact) mass is 401 g/mol. The van der Waals surface area contributed by atoms with Crippen molar-refractivity contribution in [1.29, 1.82) is 0 Å². The van der Waals surface area contributed by atoms with Crippen molar-refractivity contribution in [2.75, 3.05) is 6.61 Å². The van der Waals surface area contributed by atoms with Gasteiger partial charge in [0.2, 0.25) is 5.91 Å². The molecule has 0 bridgehead atoms. The molecule has 0 saturated carbocycles. The number of ether oxygens (including phenoxy) is 1. The van der Waals surface area contributed by atoms with E-state index in [1.54, 1.807) is 24.3 Å². The van der Waals surface area contributed by atoms with Crippen molar-refractivity contribution >= 4 is 28.7 Å². The molecule has 1 aromatic rings. The zero-order valence-corrected chi connectivity index (χ0v) is 17.5. The highest BCUT2D eigenvalue weighted by molar-refractivity contribution is 8.15. The summed E-state index contributed by atoms with van der Waals surface area (Å²) in [6.45, 7) is 7.69. The molecule has 0 radical (unpaired) electrons. The Morgan fingerprint density at radius 3 is 2.36 bits per heavy atom. The summed E-state index contributed by atoms with van der Waals surface area (Å²) in [5.74, 6) is 0.214. The Labute approximate surface area is 170 Å². The first-order chi connectivity index (χ1) is 13.5. The van der Waals surface area contributed by atoms with Crippen LogP contribution in [0.3, 0.4) is 0 Å². The summed E-state index contributed by atoms with van der Waals surface area (Å²) >= 11 is 1.01. The van der Waals surface area contributed by atoms with Crippen molar-refractivity contribution < 1.29 is 19.1 Å². The van der Waals surface area contributed by atoms with Gasteiger partial charge in [-0.25, -0.2) is 0 Å². The SMILES string of the molecule is CC.C\C=C/C=C(\C=C/C)C(=O)COc1ccc(C[C@@H]2SC(=O)NC2=O)cc1. The normalized spacial score (nSPS) is 16.9. The van der Waals surface area contributed by atoms with Gasteiger partial charge in [-0.2, -0.15) is 0 Å². The van der Waals surface area contributed by atoms with Gasteiger partial charge in [0.05, 0.1) is 5.25 Å². The van der Waals surface area contributed by atoms with Crippen LogP contribution in [0.1, 0.15) is 33.3 Å². The molecule has 2 amide bonds. The number of ketones is 1. The number of allylic oxidation sites excluding steroid dienone is 5. The molecule has 28 heavy (non-hydrogen) atoms. The molecule has 1 heterocycles. The van der Waals surface area contributed by atoms with Crippen molar-refractivity contribution in [1.82, 2.24) is 5.32 Å². The summed E-state index contributed by atoms with van der Waals surface area (Å²) in [5, 5.41) is 1.58. The van der Waals surface area contributed by atoms with Gasteiger partial charge in [0.15, 0.2) is 12.4 Å². The Morgan fingerprint density at radius 2 is 1.82 bits per heavy atom. The third kappa shape index (κ3) is 7.56. The molecular formula is C22H27NO4S. The second kappa shape index (κ2) is 12.7. The Bertz CT molecular complexity index is 763. The van der Waals surface area contributed by atoms with E-state index in [4.69, 9.17) is 4.74 Å². The molecule has 2 rings (SSSR count). The molecule has 1 aromatic carbocycles. The summed E-state index contributed by atoms with van der Waals surface area (Å²) in [7, 11) is 0. The van der Waals surface area contributed by atoms with E-state index in [-0.39, 0.29) is 23.5 Å². The zero-order chi connectivity index (χ0) is 20.9. The third-order valence-corrected chi connectivity index (χ3v) is 4.60. The average molecular weight is 402 g/mol. The third-order valence-electron chi connectivity index (χ3n) is 3.62. The van der Waals surface area contributed by atoms with Crippen molar-refractivity contribution in [2.45, 2.75) is 39.4 Å². The van der Waals surface area contributed by atoms with Crippen LogP contribution in [0.2, 0.25) is 0 Å². The predicted octanol–water partition coefficient (Wildman–Crippen LogP) is 4.63. The molecule has 5 nitrogen and oxygen atoms in total. The molecule has 0 spiro atoms. The number of carbonyl (C=O) groups excluding carboxylic acids is 3. The van der Waals surface area contributed by atoms with E-state index in [1.807, 2.05) is 58.1 Å². The largest absolute Gasteiger partial charge is 0.485 e. The van der Waals surface area contributed by atoms with Crippen LogP contribution in [-0.2, 0) is 16.0 Å². The number of Topliss-reactive ketones (excluding diaryl/α,β-unsaturated/α-hetero) is 1. The fourth-order valence-electron chi connectivity index (χ4n) is 2.32. The molecular weight excluding hydrogens is 374 g/mol. The van der Waals surface area contributed by atoms with Crippen molar-refractivity contribution in [3.8, 4) is 5.75 Å². The van der Waals surface area contributed by atoms with Crippen LogP contribution in [0, 0.1) is 0 Å². The number of hydrogen-bond donors (Lipinski definition) is 1. The fraction of sp³-hybridized carbons (Fsp3) is 0.318. The van der Waals surface area contributed by atoms with Crippen LogP contribution in [0.4, 0.5) is 4.79 Å². The molecule has 6 heteroatoms. The van der Waals surface area contributed by atoms with Crippen LogP contribution < -0.4 is 10.1 Å². The summed E-state index contributed by atoms with van der Waals surface area (Å²) in [6, 6.07) is 7.18. The number of hydrogen-bond acceptors (Lipinski definition) is 5. The summed E-state index contributed by atoms with van der Waals surface area (Å²) in [4.78, 5) is 35.0. The van der Waals surface area contributed by atoms with Gasteiger partial charge in [-0.05, 0) is 38.0 Å². The highest BCUT2D eigenvalue weighted by atomic mass is 32.2. The summed E-state index contributed by atoms with van der Waals surface area (Å²) in [6.07, 6.45) is 9.44. The van der Waals surface area contributed by atoms with E-state index in [2.05, 4.69) is 5.32 Å². The molecule has 0 aliphatic carbocycles. The van der Waals surface area contributed by atoms with Gasteiger partial charge in [0, 0.05) is 5.57 Å². The van der Waals surface area contributed by atoms with Gasteiger partial charge in [-0.15, -0.1) is 0 Å². The van der Waals surface area contributed by atoms with Crippen molar-refractivity contribution in [3.05, 3.63) is 65.8 Å². The van der Waals surface area contributed by atoms with Crippen LogP contribution in [0.25, 0.3) is 0 Å². The zero-order valence-electron chi connectivity index (χ0n) is 16.7. The molecule has 1 aliphatic heterocycles. The van der Waals surface area contributed by atoms with Crippen LogP contribution >= 0.6 is 11.8 Å². The van der Waals surface area contributed by atoms with Gasteiger partial charge >= 0.3 is 0 Å². The number of nitrogens with one attached hydrogen (secondary N) is 1. The number of imide groups is 1. The number of carbonyl (C=O) groups is 3. The fourth-order valence-corrected chi connectivity index (χ4v) is 3.18. The Morgan fingerprint density at radius 1 is 1.14 bits per heavy atom. The van der Waals surface area contributed by atoms with Crippen LogP contribution in [-0.4, -0.2) is 28.8 Å². The Kier molecular flexibility index (Phi) is 10.7. The number of thioether (sulfide) groups is 1. The lowest BCUT2D eigenvalue weighted by atomic mass is 10.1. The Hall–Kier alpha value is -2.60. The van der Waals surface area contributed by atoms with Gasteiger partial charge in [-0.3, -0.25) is 19.7 Å². The van der Waals surface area contributed by atoms with Gasteiger partial charge in [0.25, 0.3) is 5.24 Å². The first kappa shape index (κ1) is 23.4.